The molecule has 10 nitrogen and oxygen atoms in total. The molecule has 45 heavy (non-hydrogen) atoms. The molecule has 0 radical (unpaired) electrons. The average Bonchev–Trinajstić information content (AvgIpc) is 3.00. The fraction of sp³-hybridized carbons (Fsp3) is 0.333. The lowest BCUT2D eigenvalue weighted by molar-refractivity contribution is -0.124. The third-order valence-corrected chi connectivity index (χ3v) is 7.94. The summed E-state index contributed by atoms with van der Waals surface area (Å²) in [5.41, 5.74) is 2.15. The standard InChI is InChI=1S/C33H37ClFN7O3/c1-3-12-42(13-11-36-2)25-15-22(16-25)32(44)39-31-18-24(9-10-37-31)38-30-19-29(27-17-23(34)7-8-28(27)35)40-41-33(30)45-20-21-5-4-6-26(43)14-21/h4-10,14,17-19,22,25,36,43H,3,11-13,15-16,20H2,1-2H3,(H2,37,38,39,40,44). The maximum absolute atomic E-state index is 14.7. The summed E-state index contributed by atoms with van der Waals surface area (Å²) in [7, 11) is 1.95. The molecule has 1 aliphatic carbocycles. The molecule has 1 saturated carbocycles. The predicted molar refractivity (Wildman–Crippen MR) is 173 cm³/mol. The highest BCUT2D eigenvalue weighted by Crippen LogP contribution is 2.34. The minimum Gasteiger partial charge on any atom is -0.508 e. The number of benzene rings is 2. The third kappa shape index (κ3) is 8.44. The van der Waals surface area contributed by atoms with Crippen molar-refractivity contribution in [3.63, 3.8) is 0 Å². The molecule has 0 aliphatic heterocycles. The van der Waals surface area contributed by atoms with Gasteiger partial charge in [0.25, 0.3) is 5.88 Å². The minimum atomic E-state index is -0.500. The van der Waals surface area contributed by atoms with Gasteiger partial charge >= 0.3 is 0 Å². The van der Waals surface area contributed by atoms with Gasteiger partial charge in [-0.25, -0.2) is 9.37 Å². The number of anilines is 3. The van der Waals surface area contributed by atoms with Crippen LogP contribution in [0.3, 0.4) is 0 Å². The molecule has 4 N–H and O–H groups in total. The molecular weight excluding hydrogens is 597 g/mol. The average molecular weight is 634 g/mol. The number of nitrogens with one attached hydrogen (secondary N) is 3. The SMILES string of the molecule is CCCN(CCNC)C1CC(C(=O)Nc2cc(Nc3cc(-c4cc(Cl)ccc4F)nnc3OCc3cccc(O)c3)ccn2)C1. The lowest BCUT2D eigenvalue weighted by Gasteiger charge is -2.42. The van der Waals surface area contributed by atoms with Crippen molar-refractivity contribution >= 4 is 34.7 Å². The van der Waals surface area contributed by atoms with Crippen LogP contribution in [0.15, 0.2) is 66.9 Å². The van der Waals surface area contributed by atoms with E-state index >= 15 is 0 Å². The first-order chi connectivity index (χ1) is 21.8. The Balaban J connectivity index is 1.31. The Hall–Kier alpha value is -4.32. The van der Waals surface area contributed by atoms with Crippen LogP contribution in [-0.2, 0) is 11.4 Å². The number of rotatable bonds is 14. The second-order valence-electron chi connectivity index (χ2n) is 11.0. The Morgan fingerprint density at radius 1 is 1.11 bits per heavy atom. The topological polar surface area (TPSA) is 125 Å². The number of pyridine rings is 1. The minimum absolute atomic E-state index is 0.0552. The van der Waals surface area contributed by atoms with Gasteiger partial charge in [-0.2, -0.15) is 0 Å². The summed E-state index contributed by atoms with van der Waals surface area (Å²) in [6.45, 7) is 5.18. The van der Waals surface area contributed by atoms with Crippen molar-refractivity contribution in [1.29, 1.82) is 0 Å². The van der Waals surface area contributed by atoms with Gasteiger partial charge in [-0.15, -0.1) is 10.2 Å². The molecule has 1 amide bonds. The Morgan fingerprint density at radius 3 is 2.73 bits per heavy atom. The molecule has 0 spiro atoms. The normalized spacial score (nSPS) is 15.8. The van der Waals surface area contributed by atoms with Gasteiger partial charge in [0.1, 0.15) is 29.7 Å². The zero-order chi connectivity index (χ0) is 31.8. The van der Waals surface area contributed by atoms with Crippen LogP contribution in [0.5, 0.6) is 11.6 Å². The van der Waals surface area contributed by atoms with Crippen molar-refractivity contribution in [2.24, 2.45) is 5.92 Å². The number of phenols is 1. The van der Waals surface area contributed by atoms with E-state index in [4.69, 9.17) is 16.3 Å². The lowest BCUT2D eigenvalue weighted by Crippen LogP contribution is -2.50. The highest BCUT2D eigenvalue weighted by molar-refractivity contribution is 6.30. The maximum Gasteiger partial charge on any atom is 0.257 e. The molecule has 2 aromatic carbocycles. The number of nitrogens with zero attached hydrogens (tertiary/aromatic N) is 4. The summed E-state index contributed by atoms with van der Waals surface area (Å²) in [5.74, 6) is 0.0460. The molecule has 0 saturated heterocycles. The summed E-state index contributed by atoms with van der Waals surface area (Å²) in [6, 6.07) is 16.4. The summed E-state index contributed by atoms with van der Waals surface area (Å²) in [5, 5.41) is 28.0. The summed E-state index contributed by atoms with van der Waals surface area (Å²) in [4.78, 5) is 19.9. The van der Waals surface area contributed by atoms with Crippen LogP contribution in [0.1, 0.15) is 31.7 Å². The molecule has 2 aromatic heterocycles. The highest BCUT2D eigenvalue weighted by atomic mass is 35.5. The van der Waals surface area contributed by atoms with Crippen LogP contribution in [0.4, 0.5) is 21.6 Å². The van der Waals surface area contributed by atoms with Gasteiger partial charge in [0.15, 0.2) is 0 Å². The predicted octanol–water partition coefficient (Wildman–Crippen LogP) is 6.01. The summed E-state index contributed by atoms with van der Waals surface area (Å²) < 4.78 is 20.7. The maximum atomic E-state index is 14.7. The largest absolute Gasteiger partial charge is 0.508 e. The van der Waals surface area contributed by atoms with Gasteiger partial charge in [0, 0.05) is 53.6 Å². The second kappa shape index (κ2) is 15.1. The smallest absolute Gasteiger partial charge is 0.257 e. The molecule has 5 rings (SSSR count). The molecule has 4 aromatic rings. The Bertz CT molecular complexity index is 1620. The van der Waals surface area contributed by atoms with E-state index in [1.165, 1.54) is 18.2 Å². The summed E-state index contributed by atoms with van der Waals surface area (Å²) >= 11 is 6.13. The first kappa shape index (κ1) is 32.1. The van der Waals surface area contributed by atoms with Crippen LogP contribution >= 0.6 is 11.6 Å². The molecule has 236 valence electrons. The molecule has 1 fully saturated rings. The van der Waals surface area contributed by atoms with Gasteiger partial charge in [-0.3, -0.25) is 9.69 Å². The molecule has 0 unspecified atom stereocenters. The van der Waals surface area contributed by atoms with Crippen molar-refractivity contribution in [3.05, 3.63) is 83.3 Å². The molecule has 2 heterocycles. The number of aromatic nitrogens is 3. The number of amides is 1. The Kier molecular flexibility index (Phi) is 10.8. The quantitative estimate of drug-likeness (QED) is 0.132. The molecule has 12 heteroatoms. The third-order valence-electron chi connectivity index (χ3n) is 7.70. The van der Waals surface area contributed by atoms with E-state index in [1.54, 1.807) is 42.6 Å². The summed E-state index contributed by atoms with van der Waals surface area (Å²) in [6.07, 6.45) is 4.30. The van der Waals surface area contributed by atoms with Gasteiger partial charge in [-0.05, 0) is 80.9 Å². The monoisotopic (exact) mass is 633 g/mol. The highest BCUT2D eigenvalue weighted by Gasteiger charge is 2.37. The van der Waals surface area contributed by atoms with E-state index in [9.17, 15) is 14.3 Å². The zero-order valence-electron chi connectivity index (χ0n) is 25.3. The molecular formula is C33H37ClFN7O3. The molecule has 0 bridgehead atoms. The Morgan fingerprint density at radius 2 is 1.96 bits per heavy atom. The first-order valence-electron chi connectivity index (χ1n) is 15.0. The number of hydrogen-bond donors (Lipinski definition) is 4. The van der Waals surface area contributed by atoms with E-state index < -0.39 is 5.82 Å². The van der Waals surface area contributed by atoms with E-state index in [-0.39, 0.29) is 41.3 Å². The van der Waals surface area contributed by atoms with Gasteiger partial charge < -0.3 is 25.8 Å². The number of likely N-dealkylation sites (N-methyl/N-ethyl adjacent to an activating group) is 1. The van der Waals surface area contributed by atoms with Crippen molar-refractivity contribution < 1.29 is 19.0 Å². The van der Waals surface area contributed by atoms with Gasteiger partial charge in [0.2, 0.25) is 5.91 Å². The number of carbonyl (C=O) groups is 1. The van der Waals surface area contributed by atoms with E-state index in [1.807, 2.05) is 13.1 Å². The number of ether oxygens (including phenoxy) is 1. The zero-order valence-corrected chi connectivity index (χ0v) is 26.0. The number of hydrogen-bond acceptors (Lipinski definition) is 9. The number of halogens is 2. The second-order valence-corrected chi connectivity index (χ2v) is 11.5. The van der Waals surface area contributed by atoms with Crippen LogP contribution in [0.2, 0.25) is 5.02 Å². The van der Waals surface area contributed by atoms with Gasteiger partial charge in [0.05, 0.1) is 5.69 Å². The van der Waals surface area contributed by atoms with E-state index in [0.29, 0.717) is 28.3 Å². The van der Waals surface area contributed by atoms with Crippen molar-refractivity contribution in [1.82, 2.24) is 25.4 Å². The van der Waals surface area contributed by atoms with Crippen molar-refractivity contribution in [3.8, 4) is 22.9 Å². The number of aromatic hydroxyl groups is 1. The van der Waals surface area contributed by atoms with E-state index in [2.05, 4.69) is 43.0 Å². The lowest BCUT2D eigenvalue weighted by atomic mass is 9.78. The van der Waals surface area contributed by atoms with Crippen LogP contribution < -0.4 is 20.7 Å². The van der Waals surface area contributed by atoms with Crippen molar-refractivity contribution in [2.75, 3.05) is 37.3 Å². The first-order valence-corrected chi connectivity index (χ1v) is 15.4. The van der Waals surface area contributed by atoms with Crippen LogP contribution in [-0.4, -0.2) is 63.8 Å². The fourth-order valence-corrected chi connectivity index (χ4v) is 5.45. The number of phenolic OH excluding ortho intramolecular Hbond substituents is 1. The molecule has 0 atom stereocenters. The van der Waals surface area contributed by atoms with Crippen LogP contribution in [0, 0.1) is 11.7 Å². The number of carbonyl (C=O) groups excluding carboxylic acids is 1. The Labute approximate surface area is 267 Å². The van der Waals surface area contributed by atoms with Crippen LogP contribution in [0.25, 0.3) is 11.3 Å². The van der Waals surface area contributed by atoms with Crippen molar-refractivity contribution in [2.45, 2.75) is 38.8 Å². The van der Waals surface area contributed by atoms with E-state index in [0.717, 1.165) is 44.5 Å². The molecule has 1 aliphatic rings. The van der Waals surface area contributed by atoms with Gasteiger partial charge in [-0.1, -0.05) is 30.7 Å². The fourth-order valence-electron chi connectivity index (χ4n) is 5.28.